The summed E-state index contributed by atoms with van der Waals surface area (Å²) in [6.07, 6.45) is 2.32. The molecule has 0 unspecified atom stereocenters. The van der Waals surface area contributed by atoms with E-state index in [0.717, 1.165) is 35.5 Å². The second-order valence-electron chi connectivity index (χ2n) is 7.23. The van der Waals surface area contributed by atoms with Gasteiger partial charge in [-0.2, -0.15) is 0 Å². The van der Waals surface area contributed by atoms with Gasteiger partial charge >= 0.3 is 5.97 Å². The smallest absolute Gasteiger partial charge is 0.340 e. The zero-order valence-electron chi connectivity index (χ0n) is 15.8. The van der Waals surface area contributed by atoms with E-state index in [9.17, 15) is 9.59 Å². The third-order valence-corrected chi connectivity index (χ3v) is 4.96. The number of hydrogen-bond acceptors (Lipinski definition) is 3. The second-order valence-corrected chi connectivity index (χ2v) is 7.23. The van der Waals surface area contributed by atoms with E-state index < -0.39 is 5.97 Å². The average Bonchev–Trinajstić information content (AvgIpc) is 3.38. The van der Waals surface area contributed by atoms with Crippen molar-refractivity contribution in [2.45, 2.75) is 46.6 Å². The normalized spacial score (nSPS) is 14.8. The van der Waals surface area contributed by atoms with Crippen molar-refractivity contribution < 1.29 is 14.3 Å². The highest BCUT2D eigenvalue weighted by Crippen LogP contribution is 2.32. The molecule has 3 rings (SSSR count). The number of nitrogens with one attached hydrogen (secondary N) is 1. The zero-order chi connectivity index (χ0) is 18.8. The van der Waals surface area contributed by atoms with E-state index in [1.54, 1.807) is 0 Å². The van der Waals surface area contributed by atoms with E-state index in [2.05, 4.69) is 11.4 Å². The number of rotatable bonds is 6. The first-order valence-corrected chi connectivity index (χ1v) is 9.09. The minimum absolute atomic E-state index is 0.146. The summed E-state index contributed by atoms with van der Waals surface area (Å²) in [7, 11) is 0. The Hall–Kier alpha value is -2.56. The molecule has 1 N–H and O–H groups in total. The van der Waals surface area contributed by atoms with Crippen molar-refractivity contribution in [1.82, 2.24) is 9.88 Å². The fourth-order valence-electron chi connectivity index (χ4n) is 3.35. The maximum atomic E-state index is 12.5. The van der Waals surface area contributed by atoms with Crippen molar-refractivity contribution in [2.75, 3.05) is 6.61 Å². The van der Waals surface area contributed by atoms with Crippen LogP contribution in [0.5, 0.6) is 0 Å². The van der Waals surface area contributed by atoms with Crippen LogP contribution in [0.25, 0.3) is 5.69 Å². The lowest BCUT2D eigenvalue weighted by atomic mass is 10.2. The highest BCUT2D eigenvalue weighted by atomic mass is 16.5. The van der Waals surface area contributed by atoms with Gasteiger partial charge in [0, 0.05) is 23.1 Å². The molecule has 0 saturated heterocycles. The number of carbonyl (C=O) groups excluding carboxylic acids is 2. The summed E-state index contributed by atoms with van der Waals surface area (Å²) >= 11 is 0. The van der Waals surface area contributed by atoms with Crippen LogP contribution >= 0.6 is 0 Å². The molecule has 26 heavy (non-hydrogen) atoms. The number of aryl methyl sites for hydroxylation is 2. The molecule has 1 amide bonds. The van der Waals surface area contributed by atoms with Crippen LogP contribution in [0, 0.1) is 26.7 Å². The van der Waals surface area contributed by atoms with E-state index >= 15 is 0 Å². The Morgan fingerprint density at radius 2 is 1.96 bits per heavy atom. The molecule has 1 aromatic heterocycles. The molecule has 1 aromatic carbocycles. The Morgan fingerprint density at radius 1 is 1.23 bits per heavy atom. The van der Waals surface area contributed by atoms with Crippen LogP contribution < -0.4 is 5.32 Å². The molecule has 1 heterocycles. The van der Waals surface area contributed by atoms with Crippen molar-refractivity contribution in [1.29, 1.82) is 0 Å². The van der Waals surface area contributed by atoms with Crippen molar-refractivity contribution in [3.63, 3.8) is 0 Å². The van der Waals surface area contributed by atoms with Gasteiger partial charge in [0.1, 0.15) is 0 Å². The molecule has 2 aromatic rings. The van der Waals surface area contributed by atoms with Gasteiger partial charge in [0.2, 0.25) is 0 Å². The Labute approximate surface area is 154 Å². The maximum Gasteiger partial charge on any atom is 0.340 e. The Balaban J connectivity index is 1.68. The largest absolute Gasteiger partial charge is 0.452 e. The molecular weight excluding hydrogens is 328 g/mol. The predicted octanol–water partition coefficient (Wildman–Crippen LogP) is 3.47. The number of aromatic nitrogens is 1. The van der Waals surface area contributed by atoms with Gasteiger partial charge in [-0.15, -0.1) is 0 Å². The molecule has 1 fully saturated rings. The molecule has 1 saturated carbocycles. The minimum Gasteiger partial charge on any atom is -0.452 e. The molecule has 0 aliphatic heterocycles. The summed E-state index contributed by atoms with van der Waals surface area (Å²) < 4.78 is 7.26. The molecule has 1 aliphatic carbocycles. The lowest BCUT2D eigenvalue weighted by Gasteiger charge is -2.13. The minimum atomic E-state index is -0.466. The number of ether oxygens (including phenoxy) is 1. The van der Waals surface area contributed by atoms with Gasteiger partial charge < -0.3 is 14.6 Å². The first-order chi connectivity index (χ1) is 12.4. The summed E-state index contributed by atoms with van der Waals surface area (Å²) in [5.41, 5.74) is 4.42. The van der Waals surface area contributed by atoms with Gasteiger partial charge in [-0.1, -0.05) is 12.1 Å². The van der Waals surface area contributed by atoms with Crippen molar-refractivity contribution in [2.24, 2.45) is 5.92 Å². The molecule has 0 radical (unpaired) electrons. The number of nitrogens with zero attached hydrogens (tertiary/aromatic N) is 1. The molecule has 0 spiro atoms. The van der Waals surface area contributed by atoms with E-state index in [4.69, 9.17) is 4.74 Å². The van der Waals surface area contributed by atoms with Crippen LogP contribution in [0.3, 0.4) is 0 Å². The first kappa shape index (κ1) is 18.2. The van der Waals surface area contributed by atoms with Crippen LogP contribution in [-0.2, 0) is 9.53 Å². The van der Waals surface area contributed by atoms with Gasteiger partial charge in [-0.05, 0) is 70.2 Å². The number of hydrogen-bond donors (Lipinski definition) is 1. The van der Waals surface area contributed by atoms with Gasteiger partial charge in [0.15, 0.2) is 6.61 Å². The van der Waals surface area contributed by atoms with Gasteiger partial charge in [0.05, 0.1) is 5.56 Å². The molecule has 5 nitrogen and oxygen atoms in total. The third kappa shape index (κ3) is 3.98. The van der Waals surface area contributed by atoms with Crippen LogP contribution in [-0.4, -0.2) is 29.1 Å². The van der Waals surface area contributed by atoms with Crippen LogP contribution in [0.15, 0.2) is 30.3 Å². The lowest BCUT2D eigenvalue weighted by Crippen LogP contribution is -2.37. The van der Waals surface area contributed by atoms with Crippen molar-refractivity contribution in [3.8, 4) is 5.69 Å². The molecule has 0 bridgehead atoms. The van der Waals surface area contributed by atoms with Crippen molar-refractivity contribution in [3.05, 3.63) is 52.8 Å². The SMILES string of the molecule is Cc1cccc(-n2c(C)cc(C(=O)OCC(=O)N[C@@H](C)C3CC3)c2C)c1. The molecule has 1 aliphatic rings. The topological polar surface area (TPSA) is 60.3 Å². The zero-order valence-corrected chi connectivity index (χ0v) is 15.8. The summed E-state index contributed by atoms with van der Waals surface area (Å²) in [5, 5.41) is 2.89. The molecule has 138 valence electrons. The number of carbonyl (C=O) groups is 2. The number of benzene rings is 1. The number of amides is 1. The number of esters is 1. The molecule has 5 heteroatoms. The highest BCUT2D eigenvalue weighted by Gasteiger charge is 2.29. The van der Waals surface area contributed by atoms with E-state index in [1.165, 1.54) is 0 Å². The Kier molecular flexibility index (Phi) is 5.16. The Bertz CT molecular complexity index is 834. The van der Waals surface area contributed by atoms with Gasteiger partial charge in [-0.3, -0.25) is 4.79 Å². The Morgan fingerprint density at radius 3 is 2.62 bits per heavy atom. The van der Waals surface area contributed by atoms with Gasteiger partial charge in [-0.25, -0.2) is 4.79 Å². The van der Waals surface area contributed by atoms with Crippen LogP contribution in [0.1, 0.15) is 47.1 Å². The standard InChI is InChI=1S/C21H26N2O3/c1-13-6-5-7-18(10-13)23-14(2)11-19(16(23)4)21(25)26-12-20(24)22-15(3)17-8-9-17/h5-7,10-11,15,17H,8-9,12H2,1-4H3,(H,22,24)/t15-/m0/s1. The summed E-state index contributed by atoms with van der Waals surface area (Å²) in [6, 6.07) is 10.1. The van der Waals surface area contributed by atoms with Crippen molar-refractivity contribution >= 4 is 11.9 Å². The monoisotopic (exact) mass is 354 g/mol. The molecule has 1 atom stereocenters. The maximum absolute atomic E-state index is 12.5. The second kappa shape index (κ2) is 7.36. The van der Waals surface area contributed by atoms with E-state index in [-0.39, 0.29) is 18.6 Å². The van der Waals surface area contributed by atoms with Gasteiger partial charge in [0.25, 0.3) is 5.91 Å². The first-order valence-electron chi connectivity index (χ1n) is 9.09. The summed E-state index contributed by atoms with van der Waals surface area (Å²) in [4.78, 5) is 24.4. The van der Waals surface area contributed by atoms with Crippen LogP contribution in [0.2, 0.25) is 0 Å². The fraction of sp³-hybridized carbons (Fsp3) is 0.429. The van der Waals surface area contributed by atoms with E-state index in [0.29, 0.717) is 11.5 Å². The fourth-order valence-corrected chi connectivity index (χ4v) is 3.35. The summed E-state index contributed by atoms with van der Waals surface area (Å²) in [5.74, 6) is -0.139. The average molecular weight is 354 g/mol. The summed E-state index contributed by atoms with van der Waals surface area (Å²) in [6.45, 7) is 7.63. The highest BCUT2D eigenvalue weighted by molar-refractivity contribution is 5.93. The van der Waals surface area contributed by atoms with E-state index in [1.807, 2.05) is 56.5 Å². The predicted molar refractivity (Wildman–Crippen MR) is 101 cm³/mol. The third-order valence-electron chi connectivity index (χ3n) is 4.96. The van der Waals surface area contributed by atoms with Crippen LogP contribution in [0.4, 0.5) is 0 Å². The quantitative estimate of drug-likeness (QED) is 0.808. The lowest BCUT2D eigenvalue weighted by molar-refractivity contribution is -0.124. The molecular formula is C21H26N2O3.